The number of aryl methyl sites for hydroxylation is 2. The molecule has 4 rings (SSSR count). The zero-order chi connectivity index (χ0) is 12.1. The molecule has 0 radical (unpaired) electrons. The summed E-state index contributed by atoms with van der Waals surface area (Å²) in [7, 11) is 0. The van der Waals surface area contributed by atoms with Crippen LogP contribution in [-0.2, 0) is 12.8 Å². The average molecular weight is 298 g/mol. The Labute approximate surface area is 114 Å². The highest BCUT2D eigenvalue weighted by atomic mass is 79.9. The van der Waals surface area contributed by atoms with E-state index < -0.39 is 0 Å². The predicted octanol–water partition coefficient (Wildman–Crippen LogP) is 4.70. The molecule has 0 saturated heterocycles. The third kappa shape index (κ3) is 1.33. The number of fused-ring (bicyclic) bond motifs is 5. The van der Waals surface area contributed by atoms with Crippen LogP contribution in [0.15, 0.2) is 46.9 Å². The molecular formula is C16H12BrN. The molecule has 88 valence electrons. The van der Waals surface area contributed by atoms with Gasteiger partial charge in [0.05, 0.1) is 11.2 Å². The van der Waals surface area contributed by atoms with Gasteiger partial charge in [-0.3, -0.25) is 0 Å². The maximum absolute atomic E-state index is 3.63. The molecule has 1 N–H and O–H groups in total. The minimum atomic E-state index is 1.13. The van der Waals surface area contributed by atoms with E-state index in [-0.39, 0.29) is 0 Å². The van der Waals surface area contributed by atoms with E-state index in [0.717, 1.165) is 17.3 Å². The van der Waals surface area contributed by atoms with E-state index in [9.17, 15) is 0 Å². The molecule has 1 nitrogen and oxygen atoms in total. The van der Waals surface area contributed by atoms with E-state index in [4.69, 9.17) is 0 Å². The first-order chi connectivity index (χ1) is 8.84. The predicted molar refractivity (Wildman–Crippen MR) is 78.8 cm³/mol. The van der Waals surface area contributed by atoms with Gasteiger partial charge in [0.2, 0.25) is 0 Å². The minimum absolute atomic E-state index is 1.13. The largest absolute Gasteiger partial charge is 0.353 e. The fourth-order valence-electron chi connectivity index (χ4n) is 2.97. The Bertz CT molecular complexity index is 755. The highest BCUT2D eigenvalue weighted by molar-refractivity contribution is 9.10. The molecule has 2 heteroatoms. The van der Waals surface area contributed by atoms with Crippen LogP contribution in [0, 0.1) is 0 Å². The van der Waals surface area contributed by atoms with Crippen LogP contribution in [0.2, 0.25) is 0 Å². The Morgan fingerprint density at radius 3 is 2.78 bits per heavy atom. The number of halogens is 1. The number of nitrogens with one attached hydrogen (secondary N) is 1. The van der Waals surface area contributed by atoms with Gasteiger partial charge in [-0.25, -0.2) is 0 Å². The van der Waals surface area contributed by atoms with Gasteiger partial charge < -0.3 is 4.98 Å². The molecule has 3 aromatic rings. The normalized spacial score (nSPS) is 13.4. The number of hydrogen-bond donors (Lipinski definition) is 1. The second-order valence-electron chi connectivity index (χ2n) is 4.80. The summed E-state index contributed by atoms with van der Waals surface area (Å²) in [6.07, 6.45) is 2.27. The Kier molecular flexibility index (Phi) is 2.15. The van der Waals surface area contributed by atoms with E-state index in [2.05, 4.69) is 63.4 Å². The van der Waals surface area contributed by atoms with Gasteiger partial charge in [-0.05, 0) is 46.0 Å². The van der Waals surface area contributed by atoms with Gasteiger partial charge in [-0.1, -0.05) is 36.4 Å². The monoisotopic (exact) mass is 297 g/mol. The van der Waals surface area contributed by atoms with Crippen LogP contribution in [-0.4, -0.2) is 4.98 Å². The lowest BCUT2D eigenvalue weighted by Crippen LogP contribution is -2.02. The molecule has 0 fully saturated rings. The van der Waals surface area contributed by atoms with Crippen molar-refractivity contribution in [3.63, 3.8) is 0 Å². The molecule has 0 unspecified atom stereocenters. The highest BCUT2D eigenvalue weighted by Crippen LogP contribution is 2.39. The van der Waals surface area contributed by atoms with E-state index in [1.165, 1.54) is 33.3 Å². The Hall–Kier alpha value is -1.54. The van der Waals surface area contributed by atoms with E-state index in [1.807, 2.05) is 0 Å². The summed E-state index contributed by atoms with van der Waals surface area (Å²) in [6, 6.07) is 15.1. The van der Waals surface area contributed by atoms with E-state index in [0.29, 0.717) is 0 Å². The molecule has 1 aromatic heterocycles. The fourth-order valence-corrected chi connectivity index (χ4v) is 3.43. The molecule has 0 atom stereocenters. The Morgan fingerprint density at radius 1 is 0.944 bits per heavy atom. The van der Waals surface area contributed by atoms with Crippen molar-refractivity contribution in [2.45, 2.75) is 12.8 Å². The molecule has 2 aromatic carbocycles. The summed E-state index contributed by atoms with van der Waals surface area (Å²) in [5, 5.41) is 1.36. The molecule has 0 saturated carbocycles. The van der Waals surface area contributed by atoms with Crippen LogP contribution in [0.5, 0.6) is 0 Å². The quantitative estimate of drug-likeness (QED) is 0.619. The topological polar surface area (TPSA) is 15.8 Å². The summed E-state index contributed by atoms with van der Waals surface area (Å²) in [4.78, 5) is 3.59. The van der Waals surface area contributed by atoms with Crippen LogP contribution in [0.25, 0.3) is 22.2 Å². The van der Waals surface area contributed by atoms with Crippen molar-refractivity contribution in [2.75, 3.05) is 0 Å². The highest BCUT2D eigenvalue weighted by Gasteiger charge is 2.20. The standard InChI is InChI=1S/C16H12BrN/c17-14-7-3-6-12-13-9-8-10-4-1-2-5-11(10)15(13)18-16(12)14/h1-7,18H,8-9H2. The molecule has 0 bridgehead atoms. The van der Waals surface area contributed by atoms with Gasteiger partial charge >= 0.3 is 0 Å². The Morgan fingerprint density at radius 2 is 1.83 bits per heavy atom. The van der Waals surface area contributed by atoms with Crippen molar-refractivity contribution in [1.29, 1.82) is 0 Å². The van der Waals surface area contributed by atoms with Crippen molar-refractivity contribution in [3.05, 3.63) is 58.1 Å². The van der Waals surface area contributed by atoms with Crippen LogP contribution >= 0.6 is 15.9 Å². The summed E-state index contributed by atoms with van der Waals surface area (Å²) < 4.78 is 1.15. The van der Waals surface area contributed by atoms with Crippen LogP contribution in [0.1, 0.15) is 11.1 Å². The zero-order valence-electron chi connectivity index (χ0n) is 9.83. The molecule has 1 heterocycles. The lowest BCUT2D eigenvalue weighted by molar-refractivity contribution is 0.948. The second-order valence-corrected chi connectivity index (χ2v) is 5.65. The third-order valence-electron chi connectivity index (χ3n) is 3.82. The molecule has 1 aliphatic rings. The van der Waals surface area contributed by atoms with Gasteiger partial charge in [-0.15, -0.1) is 0 Å². The van der Waals surface area contributed by atoms with E-state index in [1.54, 1.807) is 0 Å². The average Bonchev–Trinajstić information content (AvgIpc) is 2.79. The zero-order valence-corrected chi connectivity index (χ0v) is 11.4. The molecule has 0 spiro atoms. The second kappa shape index (κ2) is 3.72. The first-order valence-corrected chi connectivity index (χ1v) is 7.01. The van der Waals surface area contributed by atoms with Gasteiger partial charge in [-0.2, -0.15) is 0 Å². The Balaban J connectivity index is 2.11. The van der Waals surface area contributed by atoms with Crippen molar-refractivity contribution >= 4 is 26.8 Å². The van der Waals surface area contributed by atoms with Gasteiger partial charge in [0, 0.05) is 15.4 Å². The van der Waals surface area contributed by atoms with Gasteiger partial charge in [0.15, 0.2) is 0 Å². The smallest absolute Gasteiger partial charge is 0.0606 e. The first-order valence-electron chi connectivity index (χ1n) is 6.22. The fraction of sp³-hybridized carbons (Fsp3) is 0.125. The number of rotatable bonds is 0. The van der Waals surface area contributed by atoms with Crippen molar-refractivity contribution < 1.29 is 0 Å². The molecular weight excluding hydrogens is 286 g/mol. The number of H-pyrrole nitrogens is 1. The van der Waals surface area contributed by atoms with Gasteiger partial charge in [0.1, 0.15) is 0 Å². The van der Waals surface area contributed by atoms with Crippen LogP contribution < -0.4 is 0 Å². The lowest BCUT2D eigenvalue weighted by atomic mass is 9.89. The summed E-state index contributed by atoms with van der Waals surface area (Å²) in [5.74, 6) is 0. The van der Waals surface area contributed by atoms with Gasteiger partial charge in [0.25, 0.3) is 0 Å². The van der Waals surface area contributed by atoms with Crippen LogP contribution in [0.3, 0.4) is 0 Å². The lowest BCUT2D eigenvalue weighted by Gasteiger charge is -2.16. The van der Waals surface area contributed by atoms with E-state index >= 15 is 0 Å². The maximum Gasteiger partial charge on any atom is 0.0606 e. The summed E-state index contributed by atoms with van der Waals surface area (Å²) in [6.45, 7) is 0. The molecule has 18 heavy (non-hydrogen) atoms. The van der Waals surface area contributed by atoms with Crippen LogP contribution in [0.4, 0.5) is 0 Å². The summed E-state index contributed by atoms with van der Waals surface area (Å²) in [5.41, 5.74) is 6.80. The number of para-hydroxylation sites is 1. The number of aromatic nitrogens is 1. The minimum Gasteiger partial charge on any atom is -0.353 e. The first kappa shape index (κ1) is 10.4. The molecule has 1 aliphatic carbocycles. The number of aromatic amines is 1. The van der Waals surface area contributed by atoms with Crippen molar-refractivity contribution in [3.8, 4) is 11.3 Å². The molecule has 0 amide bonds. The molecule has 0 aliphatic heterocycles. The van der Waals surface area contributed by atoms with Crippen molar-refractivity contribution in [1.82, 2.24) is 4.98 Å². The summed E-state index contributed by atoms with van der Waals surface area (Å²) >= 11 is 3.63. The third-order valence-corrected chi connectivity index (χ3v) is 4.48. The number of benzene rings is 2. The number of hydrogen-bond acceptors (Lipinski definition) is 0. The SMILES string of the molecule is Brc1cccc2c3c([nH]c12)-c1ccccc1CC3. The van der Waals surface area contributed by atoms with Crippen molar-refractivity contribution in [2.24, 2.45) is 0 Å². The maximum atomic E-state index is 3.63.